The Labute approximate surface area is 140 Å². The molecule has 0 saturated carbocycles. The summed E-state index contributed by atoms with van der Waals surface area (Å²) in [5, 5.41) is 4.69. The van der Waals surface area contributed by atoms with Gasteiger partial charge in [0.05, 0.1) is 12.1 Å². The second kappa shape index (κ2) is 7.46. The van der Waals surface area contributed by atoms with E-state index in [0.717, 1.165) is 6.42 Å². The molecule has 0 aliphatic rings. The zero-order chi connectivity index (χ0) is 17.0. The number of aryl methyl sites for hydroxylation is 2. The van der Waals surface area contributed by atoms with E-state index >= 15 is 0 Å². The summed E-state index contributed by atoms with van der Waals surface area (Å²) in [5.41, 5.74) is 0.476. The van der Waals surface area contributed by atoms with Gasteiger partial charge >= 0.3 is 0 Å². The molecule has 0 aliphatic carbocycles. The molecule has 124 valence electrons. The number of carbonyl (C=O) groups excluding carboxylic acids is 2. The van der Waals surface area contributed by atoms with Gasteiger partial charge in [0.2, 0.25) is 5.91 Å². The number of nitrogens with zero attached hydrogens (tertiary/aromatic N) is 1. The number of hydrogen-bond donors (Lipinski definition) is 1. The third-order valence-corrected chi connectivity index (χ3v) is 4.72. The van der Waals surface area contributed by atoms with Gasteiger partial charge in [-0.1, -0.05) is 6.07 Å². The van der Waals surface area contributed by atoms with E-state index in [2.05, 4.69) is 11.4 Å². The normalized spacial score (nSPS) is 12.0. The molecule has 0 bridgehead atoms. The summed E-state index contributed by atoms with van der Waals surface area (Å²) < 4.78 is 5.33. The highest BCUT2D eigenvalue weighted by Crippen LogP contribution is 2.14. The highest BCUT2D eigenvalue weighted by atomic mass is 32.1. The van der Waals surface area contributed by atoms with E-state index in [1.54, 1.807) is 43.2 Å². The zero-order valence-electron chi connectivity index (χ0n) is 13.9. The van der Waals surface area contributed by atoms with Gasteiger partial charge in [-0.25, -0.2) is 0 Å². The van der Waals surface area contributed by atoms with Crippen molar-refractivity contribution in [2.45, 2.75) is 33.2 Å². The van der Waals surface area contributed by atoms with Crippen molar-refractivity contribution in [3.8, 4) is 0 Å². The van der Waals surface area contributed by atoms with Crippen molar-refractivity contribution in [1.29, 1.82) is 0 Å². The largest absolute Gasteiger partial charge is 0.466 e. The lowest BCUT2D eigenvalue weighted by molar-refractivity contribution is -0.130. The first kappa shape index (κ1) is 17.3. The van der Waals surface area contributed by atoms with Gasteiger partial charge in [-0.05, 0) is 38.3 Å². The number of nitrogens with one attached hydrogen (secondary N) is 1. The summed E-state index contributed by atoms with van der Waals surface area (Å²) >= 11 is 1.68. The summed E-state index contributed by atoms with van der Waals surface area (Å²) in [7, 11) is 1.76. The molecule has 6 heteroatoms. The minimum atomic E-state index is -0.285. The Bertz CT molecular complexity index is 676. The van der Waals surface area contributed by atoms with Crippen molar-refractivity contribution in [3.05, 3.63) is 45.5 Å². The number of likely N-dealkylation sites (N-methyl/N-ethyl adjacent to an activating group) is 1. The lowest BCUT2D eigenvalue weighted by atomic mass is 10.2. The van der Waals surface area contributed by atoms with Gasteiger partial charge < -0.3 is 14.6 Å². The van der Waals surface area contributed by atoms with E-state index < -0.39 is 0 Å². The summed E-state index contributed by atoms with van der Waals surface area (Å²) in [6, 6.07) is 5.82. The van der Waals surface area contributed by atoms with Crippen molar-refractivity contribution >= 4 is 23.2 Å². The van der Waals surface area contributed by atoms with Crippen LogP contribution >= 0.6 is 11.3 Å². The topological polar surface area (TPSA) is 62.6 Å². The van der Waals surface area contributed by atoms with Crippen LogP contribution in [0.2, 0.25) is 0 Å². The molecule has 1 N–H and O–H groups in total. The minimum absolute atomic E-state index is 0.0201. The average Bonchev–Trinajstić information content (AvgIpc) is 3.12. The van der Waals surface area contributed by atoms with Gasteiger partial charge in [0.15, 0.2) is 0 Å². The molecule has 2 heterocycles. The van der Waals surface area contributed by atoms with Crippen LogP contribution in [-0.2, 0) is 11.2 Å². The van der Waals surface area contributed by atoms with Gasteiger partial charge in [0.1, 0.15) is 11.5 Å². The molecule has 2 amide bonds. The Hall–Kier alpha value is -2.08. The Morgan fingerprint density at radius 2 is 2.13 bits per heavy atom. The molecule has 2 aromatic heterocycles. The first-order valence-corrected chi connectivity index (χ1v) is 8.39. The molecule has 2 aromatic rings. The van der Waals surface area contributed by atoms with Gasteiger partial charge in [0.25, 0.3) is 5.91 Å². The predicted octanol–water partition coefficient (Wildman–Crippen LogP) is 2.78. The molecule has 1 atom stereocenters. The number of rotatable bonds is 6. The molecule has 0 fully saturated rings. The van der Waals surface area contributed by atoms with Crippen molar-refractivity contribution in [2.75, 3.05) is 13.6 Å². The summed E-state index contributed by atoms with van der Waals surface area (Å²) in [5.74, 6) is 0.847. The third kappa shape index (κ3) is 4.45. The molecule has 0 saturated heterocycles. The molecule has 2 rings (SSSR count). The van der Waals surface area contributed by atoms with Crippen LogP contribution in [0, 0.1) is 13.8 Å². The highest BCUT2D eigenvalue weighted by molar-refractivity contribution is 7.09. The highest BCUT2D eigenvalue weighted by Gasteiger charge is 2.19. The molecule has 23 heavy (non-hydrogen) atoms. The molecular weight excluding hydrogens is 312 g/mol. The molecule has 0 aromatic carbocycles. The van der Waals surface area contributed by atoms with E-state index in [1.807, 2.05) is 18.4 Å². The van der Waals surface area contributed by atoms with Crippen LogP contribution in [0.25, 0.3) is 0 Å². The van der Waals surface area contributed by atoms with E-state index in [-0.39, 0.29) is 24.4 Å². The van der Waals surface area contributed by atoms with E-state index in [4.69, 9.17) is 4.42 Å². The molecule has 0 spiro atoms. The smallest absolute Gasteiger partial charge is 0.255 e. The first-order valence-electron chi connectivity index (χ1n) is 7.51. The van der Waals surface area contributed by atoms with Crippen LogP contribution in [0.5, 0.6) is 0 Å². The van der Waals surface area contributed by atoms with Gasteiger partial charge in [-0.3, -0.25) is 9.59 Å². The maximum absolute atomic E-state index is 12.2. The lowest BCUT2D eigenvalue weighted by Gasteiger charge is -2.24. The molecule has 5 nitrogen and oxygen atoms in total. The number of hydrogen-bond acceptors (Lipinski definition) is 4. The lowest BCUT2D eigenvalue weighted by Crippen LogP contribution is -2.43. The number of furan rings is 1. The van der Waals surface area contributed by atoms with Gasteiger partial charge in [-0.15, -0.1) is 11.3 Å². The Morgan fingerprint density at radius 3 is 2.70 bits per heavy atom. The average molecular weight is 334 g/mol. The minimum Gasteiger partial charge on any atom is -0.466 e. The van der Waals surface area contributed by atoms with Crippen LogP contribution in [0.4, 0.5) is 0 Å². The number of carbonyl (C=O) groups is 2. The second-order valence-corrected chi connectivity index (χ2v) is 6.68. The van der Waals surface area contributed by atoms with Crippen LogP contribution < -0.4 is 5.32 Å². The van der Waals surface area contributed by atoms with Crippen LogP contribution in [0.1, 0.15) is 33.7 Å². The fourth-order valence-corrected chi connectivity index (χ4v) is 3.16. The van der Waals surface area contributed by atoms with Gasteiger partial charge in [-0.2, -0.15) is 0 Å². The first-order chi connectivity index (χ1) is 10.9. The van der Waals surface area contributed by atoms with E-state index in [0.29, 0.717) is 17.1 Å². The fraction of sp³-hybridized carbons (Fsp3) is 0.412. The van der Waals surface area contributed by atoms with Gasteiger partial charge in [0, 0.05) is 24.4 Å². The maximum Gasteiger partial charge on any atom is 0.255 e. The summed E-state index contributed by atoms with van der Waals surface area (Å²) in [4.78, 5) is 27.2. The van der Waals surface area contributed by atoms with Crippen molar-refractivity contribution in [2.24, 2.45) is 0 Å². The predicted molar refractivity (Wildman–Crippen MR) is 90.8 cm³/mol. The standard InChI is InChI=1S/C17H22N2O3S/c1-11(8-14-6-5-7-23-14)19(4)16(20)10-18-17(21)15-9-12(2)22-13(15)3/h5-7,9,11H,8,10H2,1-4H3,(H,18,21). The quantitative estimate of drug-likeness (QED) is 0.883. The zero-order valence-corrected chi connectivity index (χ0v) is 14.7. The van der Waals surface area contributed by atoms with Crippen molar-refractivity contribution in [1.82, 2.24) is 10.2 Å². The Balaban J connectivity index is 1.86. The van der Waals surface area contributed by atoms with Crippen LogP contribution in [-0.4, -0.2) is 36.3 Å². The Morgan fingerprint density at radius 1 is 1.39 bits per heavy atom. The van der Waals surface area contributed by atoms with Crippen LogP contribution in [0.15, 0.2) is 28.0 Å². The molecule has 1 unspecified atom stereocenters. The summed E-state index contributed by atoms with van der Waals surface area (Å²) in [6.45, 7) is 5.50. The number of thiophene rings is 1. The monoisotopic (exact) mass is 334 g/mol. The third-order valence-electron chi connectivity index (χ3n) is 3.82. The fourth-order valence-electron chi connectivity index (χ4n) is 2.33. The molecule has 0 aliphatic heterocycles. The van der Waals surface area contributed by atoms with Crippen molar-refractivity contribution in [3.63, 3.8) is 0 Å². The van der Waals surface area contributed by atoms with E-state index in [9.17, 15) is 9.59 Å². The second-order valence-electron chi connectivity index (χ2n) is 5.65. The van der Waals surface area contributed by atoms with Crippen LogP contribution in [0.3, 0.4) is 0 Å². The van der Waals surface area contributed by atoms with E-state index in [1.165, 1.54) is 4.88 Å². The number of amides is 2. The van der Waals surface area contributed by atoms with Crippen molar-refractivity contribution < 1.29 is 14.0 Å². The summed E-state index contributed by atoms with van der Waals surface area (Å²) in [6.07, 6.45) is 0.813. The Kier molecular flexibility index (Phi) is 5.60. The molecular formula is C17H22N2O3S. The maximum atomic E-state index is 12.2. The SMILES string of the molecule is Cc1cc(C(=O)NCC(=O)N(C)C(C)Cc2cccs2)c(C)o1. The molecule has 0 radical (unpaired) electrons.